The van der Waals surface area contributed by atoms with E-state index in [0.29, 0.717) is 17.1 Å². The van der Waals surface area contributed by atoms with Gasteiger partial charge in [0.1, 0.15) is 6.04 Å². The molecule has 3 amide bonds. The number of hydrogen-bond donors (Lipinski definition) is 1. The first-order valence-electron chi connectivity index (χ1n) is 9.53. The molecule has 0 aromatic heterocycles. The summed E-state index contributed by atoms with van der Waals surface area (Å²) in [6, 6.07) is 11.9. The molecule has 2 aromatic carbocycles. The molecule has 0 aliphatic carbocycles. The van der Waals surface area contributed by atoms with E-state index < -0.39 is 36.3 Å². The van der Waals surface area contributed by atoms with Crippen LogP contribution in [0, 0.1) is 5.92 Å². The maximum absolute atomic E-state index is 12.8. The lowest BCUT2D eigenvalue weighted by Gasteiger charge is -2.28. The molecule has 0 saturated heterocycles. The second kappa shape index (κ2) is 9.09. The van der Waals surface area contributed by atoms with Crippen LogP contribution in [0.2, 0.25) is 5.02 Å². The zero-order valence-corrected chi connectivity index (χ0v) is 17.3. The minimum Gasteiger partial charge on any atom is -0.454 e. The topological polar surface area (TPSA) is 92.8 Å². The summed E-state index contributed by atoms with van der Waals surface area (Å²) >= 11 is 6.00. The summed E-state index contributed by atoms with van der Waals surface area (Å²) < 4.78 is 5.17. The number of ether oxygens (including phenoxy) is 1. The van der Waals surface area contributed by atoms with Gasteiger partial charge in [0.2, 0.25) is 0 Å². The number of esters is 1. The van der Waals surface area contributed by atoms with Gasteiger partial charge in [-0.25, -0.2) is 4.79 Å². The predicted octanol–water partition coefficient (Wildman–Crippen LogP) is 3.53. The van der Waals surface area contributed by atoms with Gasteiger partial charge in [-0.05, 0) is 30.2 Å². The number of amides is 3. The first-order chi connectivity index (χ1) is 14.3. The fraction of sp³-hybridized carbons (Fsp3) is 0.273. The third-order valence-electron chi connectivity index (χ3n) is 5.02. The molecule has 0 bridgehead atoms. The molecule has 1 N–H and O–H groups in total. The summed E-state index contributed by atoms with van der Waals surface area (Å²) in [7, 11) is 0. The van der Waals surface area contributed by atoms with Crippen LogP contribution in [-0.4, -0.2) is 41.2 Å². The molecule has 2 atom stereocenters. The summed E-state index contributed by atoms with van der Waals surface area (Å²) in [6.07, 6.45) is 0.527. The van der Waals surface area contributed by atoms with E-state index in [9.17, 15) is 19.2 Å². The number of nitrogens with zero attached hydrogens (tertiary/aromatic N) is 1. The van der Waals surface area contributed by atoms with Crippen molar-refractivity contribution in [2.75, 3.05) is 11.9 Å². The van der Waals surface area contributed by atoms with Crippen molar-refractivity contribution in [2.24, 2.45) is 5.92 Å². The normalized spacial score (nSPS) is 14.8. The van der Waals surface area contributed by atoms with Crippen molar-refractivity contribution in [3.05, 3.63) is 64.7 Å². The van der Waals surface area contributed by atoms with E-state index in [-0.39, 0.29) is 17.0 Å². The number of rotatable bonds is 7. The number of anilines is 1. The summed E-state index contributed by atoms with van der Waals surface area (Å²) in [4.78, 5) is 51.5. The molecule has 0 fully saturated rings. The molecule has 1 aliphatic heterocycles. The molecule has 0 unspecified atom stereocenters. The molecule has 1 aliphatic rings. The standard InChI is InChI=1S/C22H21ClN2O5/c1-3-13(2)19(25-20(27)14-8-4-5-9-15(14)21(25)28)22(29)30-12-18(26)24-17-11-7-6-10-16(17)23/h4-11,13,19H,3,12H2,1-2H3,(H,24,26)/t13-,19-/m0/s1. The van der Waals surface area contributed by atoms with Crippen LogP contribution in [0.1, 0.15) is 41.0 Å². The lowest BCUT2D eigenvalue weighted by Crippen LogP contribution is -2.49. The van der Waals surface area contributed by atoms with Gasteiger partial charge in [-0.2, -0.15) is 0 Å². The van der Waals surface area contributed by atoms with E-state index in [4.69, 9.17) is 16.3 Å². The average molecular weight is 429 g/mol. The van der Waals surface area contributed by atoms with Gasteiger partial charge in [0.15, 0.2) is 6.61 Å². The van der Waals surface area contributed by atoms with Crippen LogP contribution in [0.25, 0.3) is 0 Å². The Hall–Kier alpha value is -3.19. The van der Waals surface area contributed by atoms with Crippen molar-refractivity contribution in [3.63, 3.8) is 0 Å². The summed E-state index contributed by atoms with van der Waals surface area (Å²) in [6.45, 7) is 3.02. The molecule has 2 aromatic rings. The smallest absolute Gasteiger partial charge is 0.330 e. The van der Waals surface area contributed by atoms with Crippen LogP contribution in [0.15, 0.2) is 48.5 Å². The van der Waals surface area contributed by atoms with Crippen molar-refractivity contribution in [2.45, 2.75) is 26.3 Å². The first-order valence-corrected chi connectivity index (χ1v) is 9.90. The third kappa shape index (κ3) is 4.21. The molecule has 0 spiro atoms. The first kappa shape index (κ1) is 21.5. The Morgan fingerprint density at radius 1 is 1.03 bits per heavy atom. The zero-order chi connectivity index (χ0) is 21.8. The van der Waals surface area contributed by atoms with Crippen molar-refractivity contribution in [1.29, 1.82) is 0 Å². The second-order valence-electron chi connectivity index (χ2n) is 6.99. The number of para-hydroxylation sites is 1. The predicted molar refractivity (Wildman–Crippen MR) is 111 cm³/mol. The SMILES string of the molecule is CC[C@H](C)[C@@H](C(=O)OCC(=O)Nc1ccccc1Cl)N1C(=O)c2ccccc2C1=O. The van der Waals surface area contributed by atoms with Gasteiger partial charge < -0.3 is 10.1 Å². The largest absolute Gasteiger partial charge is 0.454 e. The monoisotopic (exact) mass is 428 g/mol. The number of fused-ring (bicyclic) bond motifs is 1. The van der Waals surface area contributed by atoms with Crippen LogP contribution >= 0.6 is 11.6 Å². The Morgan fingerprint density at radius 2 is 1.60 bits per heavy atom. The number of nitrogens with one attached hydrogen (secondary N) is 1. The molecule has 0 saturated carbocycles. The summed E-state index contributed by atoms with van der Waals surface area (Å²) in [5.41, 5.74) is 0.888. The molecule has 156 valence electrons. The maximum atomic E-state index is 12.8. The Morgan fingerprint density at radius 3 is 2.17 bits per heavy atom. The number of benzene rings is 2. The fourth-order valence-electron chi connectivity index (χ4n) is 3.25. The van der Waals surface area contributed by atoms with Crippen molar-refractivity contribution in [3.8, 4) is 0 Å². The summed E-state index contributed by atoms with van der Waals surface area (Å²) in [5, 5.41) is 2.90. The highest BCUT2D eigenvalue weighted by Gasteiger charge is 2.45. The van der Waals surface area contributed by atoms with E-state index in [1.165, 1.54) is 0 Å². The van der Waals surface area contributed by atoms with Crippen LogP contribution in [0.3, 0.4) is 0 Å². The Kier molecular flexibility index (Phi) is 6.52. The van der Waals surface area contributed by atoms with Crippen LogP contribution in [0.4, 0.5) is 5.69 Å². The zero-order valence-electron chi connectivity index (χ0n) is 16.6. The van der Waals surface area contributed by atoms with E-state index in [0.717, 1.165) is 4.90 Å². The fourth-order valence-corrected chi connectivity index (χ4v) is 3.43. The van der Waals surface area contributed by atoms with Crippen LogP contribution < -0.4 is 5.32 Å². The summed E-state index contributed by atoms with van der Waals surface area (Å²) in [5.74, 6) is -2.84. The number of carbonyl (C=O) groups excluding carboxylic acids is 4. The molecule has 30 heavy (non-hydrogen) atoms. The van der Waals surface area contributed by atoms with Crippen LogP contribution in [-0.2, 0) is 14.3 Å². The number of hydrogen-bond acceptors (Lipinski definition) is 5. The highest BCUT2D eigenvalue weighted by atomic mass is 35.5. The highest BCUT2D eigenvalue weighted by Crippen LogP contribution is 2.28. The van der Waals surface area contributed by atoms with E-state index in [2.05, 4.69) is 5.32 Å². The number of imide groups is 1. The van der Waals surface area contributed by atoms with Gasteiger partial charge in [-0.1, -0.05) is 56.1 Å². The molecule has 8 heteroatoms. The molecule has 7 nitrogen and oxygen atoms in total. The van der Waals surface area contributed by atoms with E-state index >= 15 is 0 Å². The lowest BCUT2D eigenvalue weighted by atomic mass is 9.97. The van der Waals surface area contributed by atoms with Gasteiger partial charge in [-0.3, -0.25) is 19.3 Å². The van der Waals surface area contributed by atoms with Crippen molar-refractivity contribution >= 4 is 41.0 Å². The number of carbonyl (C=O) groups is 4. The minimum absolute atomic E-state index is 0.250. The molecule has 1 heterocycles. The quantitative estimate of drug-likeness (QED) is 0.538. The number of halogens is 1. The lowest BCUT2D eigenvalue weighted by molar-refractivity contribution is -0.152. The highest BCUT2D eigenvalue weighted by molar-refractivity contribution is 6.33. The Bertz CT molecular complexity index is 972. The van der Waals surface area contributed by atoms with Crippen molar-refractivity contribution in [1.82, 2.24) is 4.90 Å². The van der Waals surface area contributed by atoms with Crippen LogP contribution in [0.5, 0.6) is 0 Å². The van der Waals surface area contributed by atoms with Gasteiger partial charge >= 0.3 is 5.97 Å². The molecule has 0 radical (unpaired) electrons. The van der Waals surface area contributed by atoms with E-state index in [1.807, 2.05) is 6.92 Å². The van der Waals surface area contributed by atoms with Gasteiger partial charge in [0.05, 0.1) is 21.8 Å². The Balaban J connectivity index is 1.73. The second-order valence-corrected chi connectivity index (χ2v) is 7.40. The minimum atomic E-state index is -1.13. The van der Waals surface area contributed by atoms with Gasteiger partial charge in [0.25, 0.3) is 17.7 Å². The van der Waals surface area contributed by atoms with Gasteiger partial charge in [0, 0.05) is 0 Å². The molecular weight excluding hydrogens is 408 g/mol. The Labute approximate surface area is 179 Å². The maximum Gasteiger partial charge on any atom is 0.330 e. The average Bonchev–Trinajstić information content (AvgIpc) is 2.99. The van der Waals surface area contributed by atoms with Gasteiger partial charge in [-0.15, -0.1) is 0 Å². The van der Waals surface area contributed by atoms with Crippen molar-refractivity contribution < 1.29 is 23.9 Å². The molecule has 3 rings (SSSR count). The van der Waals surface area contributed by atoms with E-state index in [1.54, 1.807) is 55.5 Å². The third-order valence-corrected chi connectivity index (χ3v) is 5.35. The molecular formula is C22H21ClN2O5.